The highest BCUT2D eigenvalue weighted by Gasteiger charge is 2.39. The van der Waals surface area contributed by atoms with Gasteiger partial charge in [0.1, 0.15) is 18.4 Å². The zero-order valence-electron chi connectivity index (χ0n) is 16.0. The number of aromatic nitrogens is 5. The third kappa shape index (κ3) is 3.90. The average Bonchev–Trinajstić information content (AvgIpc) is 3.36. The molecule has 0 unspecified atom stereocenters. The molecule has 0 bridgehead atoms. The van der Waals surface area contributed by atoms with Crippen LogP contribution in [-0.2, 0) is 16.0 Å². The number of anilines is 1. The molecule has 4 heterocycles. The summed E-state index contributed by atoms with van der Waals surface area (Å²) in [5.74, 6) is -0.777. The zero-order chi connectivity index (χ0) is 22.0. The summed E-state index contributed by atoms with van der Waals surface area (Å²) in [5.41, 5.74) is 14.3. The number of carbonyl (C=O) groups is 1. The number of aliphatic hydroxyl groups is 1. The van der Waals surface area contributed by atoms with E-state index in [1.165, 1.54) is 23.2 Å². The Labute approximate surface area is 173 Å². The molecule has 0 radical (unpaired) electrons. The van der Waals surface area contributed by atoms with Gasteiger partial charge < -0.3 is 20.3 Å². The number of hydrogen-bond donors (Lipinski definition) is 3. The quantitative estimate of drug-likeness (QED) is 0.215. The van der Waals surface area contributed by atoms with Gasteiger partial charge in [-0.25, -0.2) is 9.78 Å². The molecule has 0 spiro atoms. The number of nitrogen functional groups attached to an aromatic ring is 1. The number of nitrogens with one attached hydrogen (secondary N) is 1. The molecule has 1 aliphatic rings. The third-order valence-corrected chi connectivity index (χ3v) is 4.77. The molecule has 3 aromatic heterocycles. The Balaban J connectivity index is 1.57. The number of H-pyrrole nitrogens is 1. The number of pyridine rings is 1. The number of azide groups is 1. The van der Waals surface area contributed by atoms with Crippen molar-refractivity contribution in [2.75, 3.05) is 12.3 Å². The summed E-state index contributed by atoms with van der Waals surface area (Å²) in [4.78, 5) is 41.9. The van der Waals surface area contributed by atoms with Gasteiger partial charge in [0, 0.05) is 17.5 Å². The first kappa shape index (κ1) is 20.3. The van der Waals surface area contributed by atoms with Gasteiger partial charge >= 0.3 is 5.97 Å². The summed E-state index contributed by atoms with van der Waals surface area (Å²) in [6.07, 6.45) is 0.687. The van der Waals surface area contributed by atoms with Crippen LogP contribution in [-0.4, -0.2) is 54.4 Å². The lowest BCUT2D eigenvalue weighted by atomic mass is 10.1. The van der Waals surface area contributed by atoms with Crippen molar-refractivity contribution in [1.29, 1.82) is 0 Å². The molecule has 3 atom stereocenters. The summed E-state index contributed by atoms with van der Waals surface area (Å²) in [6.45, 7) is -0.520. The van der Waals surface area contributed by atoms with Gasteiger partial charge in [0.25, 0.3) is 5.56 Å². The fraction of sp³-hybridized carbons (Fsp3) is 0.353. The van der Waals surface area contributed by atoms with E-state index in [1.807, 2.05) is 0 Å². The van der Waals surface area contributed by atoms with Gasteiger partial charge in [-0.05, 0) is 17.7 Å². The predicted octanol–water partition coefficient (Wildman–Crippen LogP) is 0.413. The maximum Gasteiger partial charge on any atom is 0.340 e. The molecule has 4 rings (SSSR count). The first-order valence-electron chi connectivity index (χ1n) is 9.16. The van der Waals surface area contributed by atoms with E-state index in [1.54, 1.807) is 6.07 Å². The van der Waals surface area contributed by atoms with E-state index in [0.29, 0.717) is 0 Å². The second-order valence-corrected chi connectivity index (χ2v) is 6.65. The number of aliphatic hydroxyl groups excluding tert-OH is 1. The van der Waals surface area contributed by atoms with E-state index >= 15 is 0 Å². The van der Waals surface area contributed by atoms with Crippen LogP contribution in [0, 0.1) is 0 Å². The molecular weight excluding hydrogens is 410 g/mol. The number of ether oxygens (including phenoxy) is 2. The van der Waals surface area contributed by atoms with Crippen molar-refractivity contribution in [3.8, 4) is 0 Å². The number of rotatable bonds is 6. The molecule has 1 saturated heterocycles. The third-order valence-electron chi connectivity index (χ3n) is 4.77. The Morgan fingerprint density at radius 3 is 3.13 bits per heavy atom. The molecule has 1 aliphatic heterocycles. The minimum atomic E-state index is -0.817. The maximum absolute atomic E-state index is 12.7. The average molecular weight is 427 g/mol. The van der Waals surface area contributed by atoms with E-state index in [0.717, 1.165) is 0 Å². The summed E-state index contributed by atoms with van der Waals surface area (Å²) >= 11 is 0. The van der Waals surface area contributed by atoms with Gasteiger partial charge in [-0.2, -0.15) is 4.98 Å². The lowest BCUT2D eigenvalue weighted by Crippen LogP contribution is -2.30. The van der Waals surface area contributed by atoms with Gasteiger partial charge in [0.2, 0.25) is 5.95 Å². The Hall–Kier alpha value is -4.00. The number of aromatic amines is 1. The Morgan fingerprint density at radius 1 is 1.52 bits per heavy atom. The van der Waals surface area contributed by atoms with Crippen LogP contribution in [0.15, 0.2) is 34.6 Å². The van der Waals surface area contributed by atoms with Crippen LogP contribution < -0.4 is 11.3 Å². The minimum Gasteiger partial charge on any atom is -0.456 e. The van der Waals surface area contributed by atoms with E-state index < -0.39 is 36.6 Å². The fourth-order valence-corrected chi connectivity index (χ4v) is 3.36. The van der Waals surface area contributed by atoms with Crippen LogP contribution in [0.25, 0.3) is 21.6 Å². The monoisotopic (exact) mass is 427 g/mol. The summed E-state index contributed by atoms with van der Waals surface area (Å²) in [6, 6.07) is 3.06. The number of nitrogens with zero attached hydrogens (tertiary/aromatic N) is 7. The van der Waals surface area contributed by atoms with Crippen molar-refractivity contribution in [3.05, 3.63) is 56.7 Å². The zero-order valence-corrected chi connectivity index (χ0v) is 16.0. The van der Waals surface area contributed by atoms with Crippen LogP contribution in [0.1, 0.15) is 28.7 Å². The fourth-order valence-electron chi connectivity index (χ4n) is 3.36. The van der Waals surface area contributed by atoms with Crippen LogP contribution in [0.2, 0.25) is 0 Å². The Bertz CT molecular complexity index is 1230. The van der Waals surface area contributed by atoms with Crippen molar-refractivity contribution in [2.24, 2.45) is 5.11 Å². The molecule has 0 aliphatic carbocycles. The molecule has 0 saturated carbocycles. The van der Waals surface area contributed by atoms with Crippen molar-refractivity contribution in [2.45, 2.75) is 31.4 Å². The number of fused-ring (bicyclic) bond motifs is 1. The lowest BCUT2D eigenvalue weighted by molar-refractivity contribution is -0.0500. The van der Waals surface area contributed by atoms with Crippen LogP contribution in [0.5, 0.6) is 0 Å². The number of hydrogen-bond acceptors (Lipinski definition) is 10. The number of carbonyl (C=O) groups excluding carboxylic acids is 1. The molecule has 14 heteroatoms. The van der Waals surface area contributed by atoms with E-state index in [-0.39, 0.29) is 41.3 Å². The van der Waals surface area contributed by atoms with Gasteiger partial charge in [0.05, 0.1) is 30.7 Å². The van der Waals surface area contributed by atoms with Crippen LogP contribution >= 0.6 is 0 Å². The standard InChI is InChI=1S/C17H17N9O5/c18-17-23-14-13(15(28)24-17)21-7-26(14)12-4-10(11(6-27)30-12)31-16(29)8-2-1-3-20-9(8)5-22-25-19/h1-3,7,10-12,27H,4-6H2,(H3,18,23,24,28)/t10-,11-,12-/m1/s1. The highest BCUT2D eigenvalue weighted by Crippen LogP contribution is 2.32. The lowest BCUT2D eigenvalue weighted by Gasteiger charge is -2.17. The molecule has 1 fully saturated rings. The molecule has 0 aromatic carbocycles. The normalized spacial score (nSPS) is 20.5. The van der Waals surface area contributed by atoms with Crippen molar-refractivity contribution < 1.29 is 19.4 Å². The van der Waals surface area contributed by atoms with Gasteiger partial charge in [-0.3, -0.25) is 19.3 Å². The second-order valence-electron chi connectivity index (χ2n) is 6.65. The highest BCUT2D eigenvalue weighted by molar-refractivity contribution is 5.90. The molecule has 3 aromatic rings. The van der Waals surface area contributed by atoms with Gasteiger partial charge in [-0.1, -0.05) is 5.11 Å². The summed E-state index contributed by atoms with van der Waals surface area (Å²) in [5, 5.41) is 13.1. The van der Waals surface area contributed by atoms with Gasteiger partial charge in [-0.15, -0.1) is 0 Å². The molecule has 4 N–H and O–H groups in total. The van der Waals surface area contributed by atoms with E-state index in [9.17, 15) is 14.7 Å². The number of imidazole rings is 1. The van der Waals surface area contributed by atoms with Gasteiger partial charge in [0.15, 0.2) is 11.2 Å². The second kappa shape index (κ2) is 8.39. The largest absolute Gasteiger partial charge is 0.456 e. The number of nitrogens with two attached hydrogens (primary N) is 1. The number of esters is 1. The van der Waals surface area contributed by atoms with E-state index in [2.05, 4.69) is 30.0 Å². The Kier molecular flexibility index (Phi) is 5.49. The molecule has 0 amide bonds. The summed E-state index contributed by atoms with van der Waals surface area (Å²) < 4.78 is 12.9. The first-order valence-corrected chi connectivity index (χ1v) is 9.16. The first-order chi connectivity index (χ1) is 15.0. The topological polar surface area (TPSA) is 207 Å². The predicted molar refractivity (Wildman–Crippen MR) is 104 cm³/mol. The van der Waals surface area contributed by atoms with Crippen molar-refractivity contribution in [1.82, 2.24) is 24.5 Å². The van der Waals surface area contributed by atoms with Crippen LogP contribution in [0.4, 0.5) is 5.95 Å². The molecule has 14 nitrogen and oxygen atoms in total. The van der Waals surface area contributed by atoms with Crippen LogP contribution in [0.3, 0.4) is 0 Å². The molecular formula is C17H17N9O5. The molecule has 31 heavy (non-hydrogen) atoms. The maximum atomic E-state index is 12.7. The minimum absolute atomic E-state index is 0.0804. The molecule has 160 valence electrons. The van der Waals surface area contributed by atoms with E-state index in [4.69, 9.17) is 20.7 Å². The summed E-state index contributed by atoms with van der Waals surface area (Å²) in [7, 11) is 0. The van der Waals surface area contributed by atoms with Crippen molar-refractivity contribution in [3.63, 3.8) is 0 Å². The van der Waals surface area contributed by atoms with Crippen molar-refractivity contribution >= 4 is 23.1 Å². The highest BCUT2D eigenvalue weighted by atomic mass is 16.6. The SMILES string of the molecule is [N-]=[N+]=NCc1ncccc1C(=O)O[C@@H]1C[C@H](n2cnc3c(=O)[nH]c(N)nc32)O[C@@H]1CO. The Morgan fingerprint density at radius 2 is 2.35 bits per heavy atom. The smallest absolute Gasteiger partial charge is 0.340 e.